The molecule has 1 spiro atoms. The number of nitrogens with one attached hydrogen (secondary N) is 1. The van der Waals surface area contributed by atoms with Crippen LogP contribution in [0.3, 0.4) is 0 Å². The summed E-state index contributed by atoms with van der Waals surface area (Å²) in [7, 11) is 0. The average Bonchev–Trinajstić information content (AvgIpc) is 2.96. The van der Waals surface area contributed by atoms with Crippen LogP contribution in [0.2, 0.25) is 0 Å². The Bertz CT molecular complexity index is 756. The number of fused-ring (bicyclic) bond motifs is 1. The molecule has 2 aliphatic rings. The summed E-state index contributed by atoms with van der Waals surface area (Å²) in [6, 6.07) is 7.58. The van der Waals surface area contributed by atoms with Gasteiger partial charge in [-0.3, -0.25) is 9.59 Å². The minimum Gasteiger partial charge on any atom is -0.461 e. The van der Waals surface area contributed by atoms with Crippen molar-refractivity contribution in [2.75, 3.05) is 13.1 Å². The second-order valence-corrected chi connectivity index (χ2v) is 6.02. The predicted molar refractivity (Wildman–Crippen MR) is 77.0 cm³/mol. The van der Waals surface area contributed by atoms with Crippen LogP contribution < -0.4 is 5.32 Å². The van der Waals surface area contributed by atoms with Crippen molar-refractivity contribution >= 4 is 22.8 Å². The molecular formula is C16H16N2O3. The lowest BCUT2D eigenvalue weighted by molar-refractivity contribution is -0.120. The molecule has 3 heterocycles. The molecular weight excluding hydrogens is 268 g/mol. The van der Waals surface area contributed by atoms with Crippen molar-refractivity contribution in [3.8, 4) is 0 Å². The highest BCUT2D eigenvalue weighted by molar-refractivity contribution is 6.07. The van der Waals surface area contributed by atoms with Gasteiger partial charge in [-0.1, -0.05) is 18.2 Å². The van der Waals surface area contributed by atoms with Gasteiger partial charge in [-0.2, -0.15) is 0 Å². The summed E-state index contributed by atoms with van der Waals surface area (Å²) in [4.78, 5) is 25.8. The van der Waals surface area contributed by atoms with E-state index in [0.29, 0.717) is 30.8 Å². The highest BCUT2D eigenvalue weighted by Gasteiger charge is 2.49. The first-order chi connectivity index (χ1) is 10.1. The Hall–Kier alpha value is -2.30. The second kappa shape index (κ2) is 4.10. The van der Waals surface area contributed by atoms with Crippen molar-refractivity contribution in [2.45, 2.75) is 25.3 Å². The standard InChI is InChI=1S/C16H16N2O3/c1-10-14(11-4-2-3-5-12(11)21-10)15(20)18-8-16(9-18)7-6-13(19)17-16/h2-5H,6-9H2,1H3,(H,17,19). The predicted octanol–water partition coefficient (Wildman–Crippen LogP) is 1.85. The smallest absolute Gasteiger partial charge is 0.258 e. The molecule has 4 rings (SSSR count). The van der Waals surface area contributed by atoms with E-state index in [0.717, 1.165) is 17.4 Å². The lowest BCUT2D eigenvalue weighted by Gasteiger charge is -2.47. The van der Waals surface area contributed by atoms with Gasteiger partial charge in [0.05, 0.1) is 11.1 Å². The molecule has 1 aromatic heterocycles. The number of amides is 2. The van der Waals surface area contributed by atoms with Crippen LogP contribution in [-0.4, -0.2) is 35.3 Å². The van der Waals surface area contributed by atoms with Gasteiger partial charge in [-0.15, -0.1) is 0 Å². The van der Waals surface area contributed by atoms with E-state index in [2.05, 4.69) is 5.32 Å². The molecule has 2 aromatic rings. The lowest BCUT2D eigenvalue weighted by atomic mass is 9.87. The Balaban J connectivity index is 1.61. The summed E-state index contributed by atoms with van der Waals surface area (Å²) >= 11 is 0. The van der Waals surface area contributed by atoms with Crippen LogP contribution in [-0.2, 0) is 4.79 Å². The number of likely N-dealkylation sites (tertiary alicyclic amines) is 1. The Kier molecular flexibility index (Phi) is 2.43. The van der Waals surface area contributed by atoms with Crippen LogP contribution >= 0.6 is 0 Å². The first-order valence-electron chi connectivity index (χ1n) is 7.16. The third-order valence-corrected chi connectivity index (χ3v) is 4.49. The first kappa shape index (κ1) is 12.4. The number of aryl methyl sites for hydroxylation is 1. The number of carbonyl (C=O) groups is 2. The van der Waals surface area contributed by atoms with Gasteiger partial charge in [0.2, 0.25) is 5.91 Å². The largest absolute Gasteiger partial charge is 0.461 e. The molecule has 0 bridgehead atoms. The number of benzene rings is 1. The maximum atomic E-state index is 12.7. The summed E-state index contributed by atoms with van der Waals surface area (Å²) in [5, 5.41) is 3.85. The molecule has 0 saturated carbocycles. The molecule has 5 nitrogen and oxygen atoms in total. The van der Waals surface area contributed by atoms with E-state index in [9.17, 15) is 9.59 Å². The maximum absolute atomic E-state index is 12.7. The number of hydrogen-bond acceptors (Lipinski definition) is 3. The molecule has 1 aromatic carbocycles. The van der Waals surface area contributed by atoms with Gasteiger partial charge in [-0.05, 0) is 19.4 Å². The lowest BCUT2D eigenvalue weighted by Crippen LogP contribution is -2.68. The van der Waals surface area contributed by atoms with Crippen molar-refractivity contribution in [3.05, 3.63) is 35.6 Å². The average molecular weight is 284 g/mol. The minimum absolute atomic E-state index is 0.00998. The topological polar surface area (TPSA) is 62.6 Å². The highest BCUT2D eigenvalue weighted by Crippen LogP contribution is 2.34. The van der Waals surface area contributed by atoms with Gasteiger partial charge in [0.25, 0.3) is 5.91 Å². The van der Waals surface area contributed by atoms with Crippen molar-refractivity contribution in [1.29, 1.82) is 0 Å². The zero-order valence-corrected chi connectivity index (χ0v) is 11.8. The molecule has 0 aliphatic carbocycles. The number of nitrogens with zero attached hydrogens (tertiary/aromatic N) is 1. The number of carbonyl (C=O) groups excluding carboxylic acids is 2. The molecule has 2 fully saturated rings. The van der Waals surface area contributed by atoms with Crippen molar-refractivity contribution in [2.24, 2.45) is 0 Å². The molecule has 2 aliphatic heterocycles. The van der Waals surface area contributed by atoms with Crippen LogP contribution in [0.4, 0.5) is 0 Å². The molecule has 0 unspecified atom stereocenters. The number of rotatable bonds is 1. The summed E-state index contributed by atoms with van der Waals surface area (Å²) in [5.74, 6) is 0.730. The molecule has 1 N–H and O–H groups in total. The molecule has 5 heteroatoms. The van der Waals surface area contributed by atoms with Crippen molar-refractivity contribution in [3.63, 3.8) is 0 Å². The molecule has 0 atom stereocenters. The Morgan fingerprint density at radius 2 is 2.10 bits per heavy atom. The molecule has 108 valence electrons. The Morgan fingerprint density at radius 3 is 2.81 bits per heavy atom. The van der Waals surface area contributed by atoms with Gasteiger partial charge >= 0.3 is 0 Å². The first-order valence-corrected chi connectivity index (χ1v) is 7.16. The van der Waals surface area contributed by atoms with Gasteiger partial charge in [0.1, 0.15) is 11.3 Å². The summed E-state index contributed by atoms with van der Waals surface area (Å²) in [6.45, 7) is 3.01. The van der Waals surface area contributed by atoms with Gasteiger partial charge < -0.3 is 14.6 Å². The van der Waals surface area contributed by atoms with E-state index in [4.69, 9.17) is 4.42 Å². The van der Waals surface area contributed by atoms with Gasteiger partial charge in [0, 0.05) is 24.9 Å². The maximum Gasteiger partial charge on any atom is 0.258 e. The van der Waals surface area contributed by atoms with E-state index in [1.807, 2.05) is 31.2 Å². The summed E-state index contributed by atoms with van der Waals surface area (Å²) < 4.78 is 5.66. The summed E-state index contributed by atoms with van der Waals surface area (Å²) in [5.41, 5.74) is 1.20. The molecule has 2 saturated heterocycles. The van der Waals surface area contributed by atoms with E-state index in [-0.39, 0.29) is 17.4 Å². The van der Waals surface area contributed by atoms with Crippen LogP contribution in [0.5, 0.6) is 0 Å². The fraction of sp³-hybridized carbons (Fsp3) is 0.375. The Morgan fingerprint density at radius 1 is 1.33 bits per heavy atom. The zero-order chi connectivity index (χ0) is 14.6. The Labute approximate surface area is 121 Å². The quantitative estimate of drug-likeness (QED) is 0.869. The van der Waals surface area contributed by atoms with E-state index >= 15 is 0 Å². The van der Waals surface area contributed by atoms with Crippen molar-refractivity contribution in [1.82, 2.24) is 10.2 Å². The fourth-order valence-electron chi connectivity index (χ4n) is 3.43. The summed E-state index contributed by atoms with van der Waals surface area (Å²) in [6.07, 6.45) is 1.39. The highest BCUT2D eigenvalue weighted by atomic mass is 16.3. The number of hydrogen-bond donors (Lipinski definition) is 1. The normalized spacial score (nSPS) is 19.9. The zero-order valence-electron chi connectivity index (χ0n) is 11.8. The van der Waals surface area contributed by atoms with Gasteiger partial charge in [0.15, 0.2) is 0 Å². The van der Waals surface area contributed by atoms with Crippen LogP contribution in [0.15, 0.2) is 28.7 Å². The van der Waals surface area contributed by atoms with Crippen LogP contribution in [0.25, 0.3) is 11.0 Å². The van der Waals surface area contributed by atoms with E-state index in [1.165, 1.54) is 0 Å². The fourth-order valence-corrected chi connectivity index (χ4v) is 3.43. The second-order valence-electron chi connectivity index (χ2n) is 6.02. The molecule has 21 heavy (non-hydrogen) atoms. The molecule has 2 amide bonds. The minimum atomic E-state index is -0.180. The number of furan rings is 1. The third kappa shape index (κ3) is 1.77. The van der Waals surface area contributed by atoms with Crippen molar-refractivity contribution < 1.29 is 14.0 Å². The van der Waals surface area contributed by atoms with Crippen LogP contribution in [0, 0.1) is 6.92 Å². The van der Waals surface area contributed by atoms with Gasteiger partial charge in [-0.25, -0.2) is 0 Å². The van der Waals surface area contributed by atoms with E-state index < -0.39 is 0 Å². The number of para-hydroxylation sites is 1. The third-order valence-electron chi connectivity index (χ3n) is 4.49. The monoisotopic (exact) mass is 284 g/mol. The molecule has 0 radical (unpaired) electrons. The van der Waals surface area contributed by atoms with E-state index in [1.54, 1.807) is 4.90 Å². The van der Waals surface area contributed by atoms with Crippen LogP contribution in [0.1, 0.15) is 29.0 Å². The SMILES string of the molecule is Cc1oc2ccccc2c1C(=O)N1CC2(CCC(=O)N2)C1.